The molecule has 0 radical (unpaired) electrons. The topological polar surface area (TPSA) is 131 Å². The number of hydrogen-bond donors (Lipinski definition) is 1. The predicted molar refractivity (Wildman–Crippen MR) is 129 cm³/mol. The Labute approximate surface area is 205 Å². The van der Waals surface area contributed by atoms with Gasteiger partial charge in [-0.1, -0.05) is 17.4 Å². The Balaban J connectivity index is 1.48. The third kappa shape index (κ3) is 6.04. The van der Waals surface area contributed by atoms with Gasteiger partial charge in [0, 0.05) is 13.1 Å². The van der Waals surface area contributed by atoms with Gasteiger partial charge in [-0.05, 0) is 62.1 Å². The number of esters is 1. The van der Waals surface area contributed by atoms with Crippen molar-refractivity contribution in [1.82, 2.24) is 10.2 Å². The summed E-state index contributed by atoms with van der Waals surface area (Å²) in [5.74, 6) is -0.737. The highest BCUT2D eigenvalue weighted by molar-refractivity contribution is 7.19. The number of nitriles is 1. The van der Waals surface area contributed by atoms with E-state index in [1.165, 1.54) is 42.2 Å². The Kier molecular flexibility index (Phi) is 7.74. The molecule has 0 unspecified atom stereocenters. The van der Waals surface area contributed by atoms with Crippen molar-refractivity contribution in [2.75, 3.05) is 29.9 Å². The zero-order valence-electron chi connectivity index (χ0n) is 19.0. The van der Waals surface area contributed by atoms with Crippen molar-refractivity contribution in [3.8, 4) is 17.6 Å². The SMILES string of the molecule is CCOc1cc(/C=C(/C#N)C(=O)Nc2nnc(N3CCCCC3)s2)ccc1OC(=O)c1ccco1. The van der Waals surface area contributed by atoms with Gasteiger partial charge in [0.25, 0.3) is 5.91 Å². The molecular weight excluding hydrogens is 470 g/mol. The van der Waals surface area contributed by atoms with Crippen LogP contribution in [0.25, 0.3) is 6.08 Å². The van der Waals surface area contributed by atoms with Crippen LogP contribution in [-0.4, -0.2) is 41.8 Å². The maximum Gasteiger partial charge on any atom is 0.379 e. The van der Waals surface area contributed by atoms with Crippen LogP contribution < -0.4 is 19.7 Å². The van der Waals surface area contributed by atoms with Gasteiger partial charge in [-0.25, -0.2) is 4.79 Å². The standard InChI is InChI=1S/C24H23N5O5S/c1-2-32-20-14-16(8-9-18(20)34-22(31)19-7-6-12-33-19)13-17(15-25)21(30)26-23-27-28-24(35-23)29-10-4-3-5-11-29/h6-9,12-14H,2-5,10-11H2,1H3,(H,26,27,30)/b17-13-. The number of furan rings is 1. The molecule has 0 aliphatic carbocycles. The lowest BCUT2D eigenvalue weighted by Gasteiger charge is -2.25. The third-order valence-corrected chi connectivity index (χ3v) is 6.03. The molecule has 0 spiro atoms. The minimum absolute atomic E-state index is 0.0555. The summed E-state index contributed by atoms with van der Waals surface area (Å²) in [5.41, 5.74) is 0.395. The molecule has 3 aromatic rings. The fourth-order valence-corrected chi connectivity index (χ4v) is 4.26. The molecule has 3 heterocycles. The summed E-state index contributed by atoms with van der Waals surface area (Å²) in [5, 5.41) is 21.5. The Morgan fingerprint density at radius 1 is 1.23 bits per heavy atom. The quantitative estimate of drug-likeness (QED) is 0.211. The number of anilines is 2. The van der Waals surface area contributed by atoms with Crippen molar-refractivity contribution in [2.24, 2.45) is 0 Å². The van der Waals surface area contributed by atoms with Crippen LogP contribution in [0.15, 0.2) is 46.6 Å². The van der Waals surface area contributed by atoms with Crippen molar-refractivity contribution < 1.29 is 23.5 Å². The van der Waals surface area contributed by atoms with Crippen molar-refractivity contribution in [1.29, 1.82) is 5.26 Å². The number of nitrogens with one attached hydrogen (secondary N) is 1. The van der Waals surface area contributed by atoms with Gasteiger partial charge in [0.1, 0.15) is 11.6 Å². The first-order chi connectivity index (χ1) is 17.1. The van der Waals surface area contributed by atoms with E-state index in [0.29, 0.717) is 17.3 Å². The van der Waals surface area contributed by atoms with E-state index in [-0.39, 0.29) is 22.8 Å². The van der Waals surface area contributed by atoms with Gasteiger partial charge >= 0.3 is 5.97 Å². The van der Waals surface area contributed by atoms with E-state index in [1.54, 1.807) is 25.1 Å². The summed E-state index contributed by atoms with van der Waals surface area (Å²) in [7, 11) is 0. The zero-order valence-corrected chi connectivity index (χ0v) is 19.8. The molecule has 11 heteroatoms. The zero-order chi connectivity index (χ0) is 24.6. The summed E-state index contributed by atoms with van der Waals surface area (Å²) in [6.07, 6.45) is 6.20. The Hall–Kier alpha value is -4.17. The van der Waals surface area contributed by atoms with E-state index < -0.39 is 11.9 Å². The van der Waals surface area contributed by atoms with Crippen molar-refractivity contribution in [3.63, 3.8) is 0 Å². The lowest BCUT2D eigenvalue weighted by molar-refractivity contribution is -0.112. The number of amides is 1. The molecule has 1 fully saturated rings. The molecule has 0 atom stereocenters. The minimum atomic E-state index is -0.669. The maximum atomic E-state index is 12.7. The van der Waals surface area contributed by atoms with Crippen LogP contribution in [-0.2, 0) is 4.79 Å². The summed E-state index contributed by atoms with van der Waals surface area (Å²) < 4.78 is 16.0. The number of piperidine rings is 1. The van der Waals surface area contributed by atoms with Crippen molar-refractivity contribution >= 4 is 39.6 Å². The van der Waals surface area contributed by atoms with Gasteiger partial charge in [-0.2, -0.15) is 5.26 Å². The fourth-order valence-electron chi connectivity index (χ4n) is 3.47. The number of nitrogens with zero attached hydrogens (tertiary/aromatic N) is 4. The molecule has 0 bridgehead atoms. The lowest BCUT2D eigenvalue weighted by Crippen LogP contribution is -2.29. The van der Waals surface area contributed by atoms with E-state index in [1.807, 2.05) is 6.07 Å². The van der Waals surface area contributed by atoms with Gasteiger partial charge in [0.05, 0.1) is 12.9 Å². The number of rotatable bonds is 8. The van der Waals surface area contributed by atoms with Crippen LogP contribution >= 0.6 is 11.3 Å². The van der Waals surface area contributed by atoms with Gasteiger partial charge < -0.3 is 18.8 Å². The van der Waals surface area contributed by atoms with E-state index in [4.69, 9.17) is 13.9 Å². The Morgan fingerprint density at radius 3 is 2.77 bits per heavy atom. The smallest absolute Gasteiger partial charge is 0.379 e. The first-order valence-corrected chi connectivity index (χ1v) is 11.9. The molecule has 1 aromatic carbocycles. The van der Waals surface area contributed by atoms with Crippen LogP contribution in [0.2, 0.25) is 0 Å². The molecule has 4 rings (SSSR count). The summed E-state index contributed by atoms with van der Waals surface area (Å²) in [6.45, 7) is 3.94. The van der Waals surface area contributed by atoms with Gasteiger partial charge in [-0.3, -0.25) is 10.1 Å². The highest BCUT2D eigenvalue weighted by Gasteiger charge is 2.19. The third-order valence-electron chi connectivity index (χ3n) is 5.13. The summed E-state index contributed by atoms with van der Waals surface area (Å²) >= 11 is 1.28. The molecule has 0 saturated carbocycles. The number of carbonyl (C=O) groups excluding carboxylic acids is 2. The van der Waals surface area contributed by atoms with Crippen LogP contribution in [0.3, 0.4) is 0 Å². The lowest BCUT2D eigenvalue weighted by atomic mass is 10.1. The van der Waals surface area contributed by atoms with Crippen LogP contribution in [0.5, 0.6) is 11.5 Å². The van der Waals surface area contributed by atoms with Crippen LogP contribution in [0.1, 0.15) is 42.3 Å². The molecule has 1 aliphatic heterocycles. The fraction of sp³-hybridized carbons (Fsp3) is 0.292. The number of ether oxygens (including phenoxy) is 2. The molecule has 10 nitrogen and oxygen atoms in total. The van der Waals surface area contributed by atoms with Gasteiger partial charge in [0.15, 0.2) is 11.5 Å². The monoisotopic (exact) mass is 493 g/mol. The predicted octanol–water partition coefficient (Wildman–Crippen LogP) is 4.28. The second kappa shape index (κ2) is 11.3. The van der Waals surface area contributed by atoms with Crippen molar-refractivity contribution in [2.45, 2.75) is 26.2 Å². The van der Waals surface area contributed by atoms with E-state index >= 15 is 0 Å². The Morgan fingerprint density at radius 2 is 2.06 bits per heavy atom. The molecule has 1 amide bonds. The van der Waals surface area contributed by atoms with E-state index in [9.17, 15) is 14.9 Å². The number of benzene rings is 1. The first kappa shape index (κ1) is 24.0. The first-order valence-electron chi connectivity index (χ1n) is 11.1. The second-order valence-corrected chi connectivity index (χ2v) is 8.52. The normalized spacial score (nSPS) is 13.7. The summed E-state index contributed by atoms with van der Waals surface area (Å²) in [4.78, 5) is 27.1. The molecule has 1 aliphatic rings. The molecule has 1 N–H and O–H groups in total. The highest BCUT2D eigenvalue weighted by Crippen LogP contribution is 2.31. The number of carbonyl (C=O) groups is 2. The van der Waals surface area contributed by atoms with Gasteiger partial charge in [0.2, 0.25) is 16.0 Å². The van der Waals surface area contributed by atoms with Crippen LogP contribution in [0.4, 0.5) is 10.3 Å². The Bertz CT molecular complexity index is 1260. The molecule has 1 saturated heterocycles. The van der Waals surface area contributed by atoms with E-state index in [2.05, 4.69) is 20.4 Å². The second-order valence-electron chi connectivity index (χ2n) is 7.57. The highest BCUT2D eigenvalue weighted by atomic mass is 32.1. The molecule has 2 aromatic heterocycles. The largest absolute Gasteiger partial charge is 0.490 e. The molecular formula is C24H23N5O5S. The average Bonchev–Trinajstić information content (AvgIpc) is 3.57. The van der Waals surface area contributed by atoms with Crippen molar-refractivity contribution in [3.05, 3.63) is 53.5 Å². The average molecular weight is 494 g/mol. The summed E-state index contributed by atoms with van der Waals surface area (Å²) in [6, 6.07) is 9.71. The molecule has 35 heavy (non-hydrogen) atoms. The van der Waals surface area contributed by atoms with E-state index in [0.717, 1.165) is 31.1 Å². The maximum absolute atomic E-state index is 12.7. The van der Waals surface area contributed by atoms with Gasteiger partial charge in [-0.15, -0.1) is 10.2 Å². The number of hydrogen-bond acceptors (Lipinski definition) is 10. The minimum Gasteiger partial charge on any atom is -0.490 e. The van der Waals surface area contributed by atoms with Crippen LogP contribution in [0, 0.1) is 11.3 Å². The number of aromatic nitrogens is 2. The molecule has 180 valence electrons.